The van der Waals surface area contributed by atoms with Crippen LogP contribution in [0.5, 0.6) is 0 Å². The molecule has 1 saturated carbocycles. The Balaban J connectivity index is 1.56. The minimum absolute atomic E-state index is 0.0787. The average molecular weight is 661 g/mol. The van der Waals surface area contributed by atoms with Crippen LogP contribution in [0.1, 0.15) is 75.0 Å². The Morgan fingerprint density at radius 3 is 2.48 bits per heavy atom. The summed E-state index contributed by atoms with van der Waals surface area (Å²) in [5, 5.41) is 9.91. The highest BCUT2D eigenvalue weighted by Gasteiger charge is 2.49. The molecule has 0 unspecified atom stereocenters. The molecule has 0 radical (unpaired) electrons. The number of carboxylic acid groups (broad SMARTS) is 1. The quantitative estimate of drug-likeness (QED) is 0.272. The number of carboxylic acids is 1. The van der Waals surface area contributed by atoms with Gasteiger partial charge in [-0.3, -0.25) is 14.4 Å². The van der Waals surface area contributed by atoms with Crippen molar-refractivity contribution in [3.63, 3.8) is 0 Å². The van der Waals surface area contributed by atoms with Crippen LogP contribution < -0.4 is 10.2 Å². The van der Waals surface area contributed by atoms with Gasteiger partial charge in [0, 0.05) is 27.7 Å². The van der Waals surface area contributed by atoms with Crippen LogP contribution in [0.2, 0.25) is 10.0 Å². The Morgan fingerprint density at radius 2 is 1.75 bits per heavy atom. The number of nitrogens with one attached hydrogen (secondary N) is 2. The predicted molar refractivity (Wildman–Crippen MR) is 165 cm³/mol. The van der Waals surface area contributed by atoms with Gasteiger partial charge < -0.3 is 10.0 Å². The molecule has 4 atom stereocenters. The molecule has 1 heterocycles. The van der Waals surface area contributed by atoms with Crippen molar-refractivity contribution in [2.24, 2.45) is 0 Å². The smallest absolute Gasteiger partial charge is 0.335 e. The van der Waals surface area contributed by atoms with Crippen LogP contribution in [0, 0.1) is 0 Å². The number of hydrogen-bond acceptors (Lipinski definition) is 6. The van der Waals surface area contributed by atoms with Gasteiger partial charge in [0.25, 0.3) is 11.8 Å². The van der Waals surface area contributed by atoms with Gasteiger partial charge >= 0.3 is 5.97 Å². The minimum Gasteiger partial charge on any atom is -0.478 e. The summed E-state index contributed by atoms with van der Waals surface area (Å²) < 4.78 is 27.4. The highest BCUT2D eigenvalue weighted by molar-refractivity contribution is 7.88. The van der Waals surface area contributed by atoms with Crippen molar-refractivity contribution < 1.29 is 32.7 Å². The normalized spacial score (nSPS) is 21.9. The molecule has 0 bridgehead atoms. The maximum Gasteiger partial charge on any atom is 0.335 e. The van der Waals surface area contributed by atoms with Gasteiger partial charge in [0.1, 0.15) is 0 Å². The monoisotopic (exact) mass is 659 g/mol. The molecule has 232 valence electrons. The molecule has 2 aliphatic rings. The first kappa shape index (κ1) is 31.9. The number of aromatic carboxylic acids is 1. The van der Waals surface area contributed by atoms with Crippen LogP contribution in [-0.2, 0) is 26.3 Å². The van der Waals surface area contributed by atoms with E-state index in [1.807, 2.05) is 0 Å². The Labute approximate surface area is 265 Å². The molecule has 10 nitrogen and oxygen atoms in total. The van der Waals surface area contributed by atoms with Crippen LogP contribution >= 0.6 is 23.2 Å². The first-order chi connectivity index (χ1) is 20.9. The zero-order valence-electron chi connectivity index (χ0n) is 23.7. The molecule has 3 aromatic rings. The van der Waals surface area contributed by atoms with Crippen molar-refractivity contribution in [1.29, 1.82) is 0 Å². The molecular weight excluding hydrogens is 629 g/mol. The lowest BCUT2D eigenvalue weighted by Crippen LogP contribution is -2.59. The van der Waals surface area contributed by atoms with E-state index in [0.717, 1.165) is 19.1 Å². The Bertz CT molecular complexity index is 1700. The van der Waals surface area contributed by atoms with E-state index < -0.39 is 45.9 Å². The lowest BCUT2D eigenvalue weighted by atomic mass is 9.76. The number of benzene rings is 3. The second-order valence-electron chi connectivity index (χ2n) is 11.0. The highest BCUT2D eigenvalue weighted by atomic mass is 35.5. The molecular formula is C31H31Cl2N3O7S. The summed E-state index contributed by atoms with van der Waals surface area (Å²) in [5.41, 5.74) is 4.35. The fourth-order valence-electron chi connectivity index (χ4n) is 6.18. The van der Waals surface area contributed by atoms with Crippen LogP contribution in [0.25, 0.3) is 0 Å². The van der Waals surface area contributed by atoms with Crippen molar-refractivity contribution in [1.82, 2.24) is 15.1 Å². The second-order valence-corrected chi connectivity index (χ2v) is 13.6. The number of fused-ring (bicyclic) bond motifs is 1. The molecule has 44 heavy (non-hydrogen) atoms. The molecule has 1 aliphatic carbocycles. The predicted octanol–water partition coefficient (Wildman–Crippen LogP) is 5.08. The SMILES string of the molecule is CS(=O)(=O)N[C@H]1CCCC[C@@H]1N1C(=O)c2ccccc2[C@@H](C(=O)NOCc2cccc(C(=O)O)c2)[C@@H]1c1ccc(Cl)cc1Cl. The third kappa shape index (κ3) is 6.92. The van der Waals surface area contributed by atoms with Gasteiger partial charge in [0.2, 0.25) is 10.0 Å². The molecule has 3 aromatic carbocycles. The van der Waals surface area contributed by atoms with E-state index >= 15 is 0 Å². The lowest BCUT2D eigenvalue weighted by Gasteiger charge is -2.49. The first-order valence-corrected chi connectivity index (χ1v) is 16.7. The zero-order valence-corrected chi connectivity index (χ0v) is 26.0. The molecule has 0 aromatic heterocycles. The maximum absolute atomic E-state index is 14.3. The van der Waals surface area contributed by atoms with Crippen molar-refractivity contribution >= 4 is 51.0 Å². The third-order valence-electron chi connectivity index (χ3n) is 7.98. The molecule has 2 amide bonds. The van der Waals surface area contributed by atoms with E-state index in [4.69, 9.17) is 28.0 Å². The maximum atomic E-state index is 14.3. The van der Waals surface area contributed by atoms with Gasteiger partial charge in [-0.25, -0.2) is 23.4 Å². The molecule has 1 aliphatic heterocycles. The molecule has 3 N–H and O–H groups in total. The Hall–Kier alpha value is -3.48. The number of sulfonamides is 1. The summed E-state index contributed by atoms with van der Waals surface area (Å²) in [6.45, 7) is -0.112. The molecule has 1 fully saturated rings. The number of rotatable bonds is 9. The number of carbonyl (C=O) groups excluding carboxylic acids is 2. The molecule has 5 rings (SSSR count). The van der Waals surface area contributed by atoms with Gasteiger partial charge in [0.15, 0.2) is 0 Å². The zero-order chi connectivity index (χ0) is 31.6. The van der Waals surface area contributed by atoms with Crippen LogP contribution in [-0.4, -0.2) is 54.5 Å². The molecule has 0 spiro atoms. The summed E-state index contributed by atoms with van der Waals surface area (Å²) in [6.07, 6.45) is 3.64. The Morgan fingerprint density at radius 1 is 1.00 bits per heavy atom. The number of halogens is 2. The van der Waals surface area contributed by atoms with Gasteiger partial charge in [-0.1, -0.05) is 72.4 Å². The van der Waals surface area contributed by atoms with Crippen LogP contribution in [0.3, 0.4) is 0 Å². The van der Waals surface area contributed by atoms with Gasteiger partial charge in [0.05, 0.1) is 30.4 Å². The standard InChI is InChI=1S/C31H31Cl2N3O7S/c1-44(41,42)35-25-11-4-5-12-26(25)36-28(23-14-13-20(32)16-24(23)33)27(21-9-2-3-10-22(21)30(36)38)29(37)34-43-17-18-7-6-8-19(15-18)31(39)40/h2-3,6-10,13-16,25-28,35H,4-5,11-12,17H2,1H3,(H,34,37)(H,39,40)/t25-,26-,27+,28-/m0/s1. The molecule has 0 saturated heterocycles. The van der Waals surface area contributed by atoms with Crippen molar-refractivity contribution in [2.75, 3.05) is 6.26 Å². The summed E-state index contributed by atoms with van der Waals surface area (Å²) in [7, 11) is -3.61. The van der Waals surface area contributed by atoms with E-state index in [1.165, 1.54) is 18.2 Å². The average Bonchev–Trinajstić information content (AvgIpc) is 2.97. The second kappa shape index (κ2) is 13.3. The van der Waals surface area contributed by atoms with E-state index in [2.05, 4.69) is 10.2 Å². The van der Waals surface area contributed by atoms with Crippen molar-refractivity contribution in [3.05, 3.63) is 105 Å². The third-order valence-corrected chi connectivity index (χ3v) is 9.27. The number of nitrogens with zero attached hydrogens (tertiary/aromatic N) is 1. The van der Waals surface area contributed by atoms with Crippen molar-refractivity contribution in [2.45, 2.75) is 56.3 Å². The van der Waals surface area contributed by atoms with Crippen LogP contribution in [0.15, 0.2) is 66.7 Å². The largest absolute Gasteiger partial charge is 0.478 e. The Kier molecular flexibility index (Phi) is 9.62. The van der Waals surface area contributed by atoms with Crippen LogP contribution in [0.4, 0.5) is 0 Å². The topological polar surface area (TPSA) is 142 Å². The number of amides is 2. The van der Waals surface area contributed by atoms with E-state index in [1.54, 1.807) is 53.4 Å². The highest BCUT2D eigenvalue weighted by Crippen LogP contribution is 2.47. The lowest BCUT2D eigenvalue weighted by molar-refractivity contribution is -0.138. The summed E-state index contributed by atoms with van der Waals surface area (Å²) in [5.74, 6) is -3.01. The van der Waals surface area contributed by atoms with Gasteiger partial charge in [-0.05, 0) is 59.9 Å². The van der Waals surface area contributed by atoms with E-state index in [9.17, 15) is 27.9 Å². The van der Waals surface area contributed by atoms with E-state index in [0.29, 0.717) is 40.1 Å². The fourth-order valence-corrected chi connectivity index (χ4v) is 7.52. The van der Waals surface area contributed by atoms with E-state index in [-0.39, 0.29) is 23.1 Å². The van der Waals surface area contributed by atoms with Crippen molar-refractivity contribution in [3.8, 4) is 0 Å². The van der Waals surface area contributed by atoms with Gasteiger partial charge in [-0.2, -0.15) is 0 Å². The summed E-state index contributed by atoms with van der Waals surface area (Å²) in [6, 6.07) is 15.7. The number of carbonyl (C=O) groups is 3. The number of hydrogen-bond donors (Lipinski definition) is 3. The first-order valence-electron chi connectivity index (χ1n) is 14.0. The van der Waals surface area contributed by atoms with Gasteiger partial charge in [-0.15, -0.1) is 0 Å². The fraction of sp³-hybridized carbons (Fsp3) is 0.323. The summed E-state index contributed by atoms with van der Waals surface area (Å²) in [4.78, 5) is 46.9. The molecule has 13 heteroatoms. The summed E-state index contributed by atoms with van der Waals surface area (Å²) >= 11 is 13.0. The number of hydroxylamine groups is 1. The minimum atomic E-state index is -3.61.